The van der Waals surface area contributed by atoms with Crippen LogP contribution in [0.15, 0.2) is 48.5 Å². The van der Waals surface area contributed by atoms with Crippen molar-refractivity contribution in [3.8, 4) is 0 Å². The number of aliphatic hydroxyl groups excluding tert-OH is 1. The highest BCUT2D eigenvalue weighted by Crippen LogP contribution is 2.24. The Kier molecular flexibility index (Phi) is 5.86. The van der Waals surface area contributed by atoms with E-state index in [0.717, 1.165) is 38.4 Å². The van der Waals surface area contributed by atoms with Gasteiger partial charge < -0.3 is 15.2 Å². The lowest BCUT2D eigenvalue weighted by Gasteiger charge is -2.28. The van der Waals surface area contributed by atoms with Gasteiger partial charge in [-0.05, 0) is 29.7 Å². The number of nitrogens with one attached hydrogen (secondary N) is 1. The van der Waals surface area contributed by atoms with Crippen molar-refractivity contribution in [2.24, 2.45) is 0 Å². The van der Waals surface area contributed by atoms with Crippen LogP contribution in [-0.4, -0.2) is 36.3 Å². The second-order valence-electron chi connectivity index (χ2n) is 6.31. The molecule has 1 aliphatic heterocycles. The second kappa shape index (κ2) is 8.29. The molecule has 2 aromatic rings. The van der Waals surface area contributed by atoms with E-state index < -0.39 is 0 Å². The summed E-state index contributed by atoms with van der Waals surface area (Å²) in [5.41, 5.74) is 4.61. The van der Waals surface area contributed by atoms with Crippen molar-refractivity contribution in [3.63, 3.8) is 0 Å². The van der Waals surface area contributed by atoms with E-state index in [1.54, 1.807) is 0 Å². The van der Waals surface area contributed by atoms with E-state index in [0.29, 0.717) is 0 Å². The minimum Gasteiger partial charge on any atom is -0.392 e. The molecule has 4 nitrogen and oxygen atoms in total. The number of anilines is 1. The fourth-order valence-electron chi connectivity index (χ4n) is 3.08. The molecule has 3 rings (SSSR count). The maximum atomic E-state index is 9.32. The molecule has 0 saturated carbocycles. The normalized spacial score (nSPS) is 16.8. The second-order valence-corrected chi connectivity index (χ2v) is 6.31. The van der Waals surface area contributed by atoms with Crippen LogP contribution in [0, 0.1) is 0 Å². The zero-order chi connectivity index (χ0) is 16.8. The molecule has 4 heteroatoms. The third-order valence-corrected chi connectivity index (χ3v) is 4.52. The van der Waals surface area contributed by atoms with Gasteiger partial charge >= 0.3 is 0 Å². The number of ether oxygens (including phenoxy) is 1. The molecule has 1 atom stereocenters. The van der Waals surface area contributed by atoms with Crippen molar-refractivity contribution in [3.05, 3.63) is 65.2 Å². The molecule has 0 aliphatic carbocycles. The summed E-state index contributed by atoms with van der Waals surface area (Å²) in [7, 11) is 0. The SMILES string of the molecule is CC(Nc1ccccc1CN1CCOCC1)c1cccc(CO)c1. The predicted octanol–water partition coefficient (Wildman–Crippen LogP) is 3.18. The first-order valence-corrected chi connectivity index (χ1v) is 8.60. The highest BCUT2D eigenvalue weighted by Gasteiger charge is 2.14. The van der Waals surface area contributed by atoms with Crippen LogP contribution >= 0.6 is 0 Å². The lowest BCUT2D eigenvalue weighted by atomic mass is 10.0. The Morgan fingerprint density at radius 1 is 1.12 bits per heavy atom. The average molecular weight is 326 g/mol. The summed E-state index contributed by atoms with van der Waals surface area (Å²) < 4.78 is 5.43. The molecule has 1 fully saturated rings. The van der Waals surface area contributed by atoms with Crippen molar-refractivity contribution in [1.29, 1.82) is 0 Å². The first kappa shape index (κ1) is 17.0. The summed E-state index contributed by atoms with van der Waals surface area (Å²) in [4.78, 5) is 2.43. The lowest BCUT2D eigenvalue weighted by molar-refractivity contribution is 0.0342. The van der Waals surface area contributed by atoms with E-state index in [9.17, 15) is 5.11 Å². The molecule has 0 bridgehead atoms. The number of hydrogen-bond donors (Lipinski definition) is 2. The van der Waals surface area contributed by atoms with Crippen LogP contribution in [0.4, 0.5) is 5.69 Å². The Hall–Kier alpha value is -1.88. The molecule has 128 valence electrons. The van der Waals surface area contributed by atoms with Crippen LogP contribution in [0.5, 0.6) is 0 Å². The Morgan fingerprint density at radius 3 is 2.71 bits per heavy atom. The highest BCUT2D eigenvalue weighted by atomic mass is 16.5. The first-order chi connectivity index (χ1) is 11.8. The molecule has 1 heterocycles. The van der Waals surface area contributed by atoms with Crippen LogP contribution in [0.25, 0.3) is 0 Å². The first-order valence-electron chi connectivity index (χ1n) is 8.60. The summed E-state index contributed by atoms with van der Waals surface area (Å²) in [6.07, 6.45) is 0. The van der Waals surface area contributed by atoms with E-state index in [2.05, 4.69) is 53.5 Å². The van der Waals surface area contributed by atoms with E-state index in [1.807, 2.05) is 12.1 Å². The molecular formula is C20H26N2O2. The van der Waals surface area contributed by atoms with Crippen molar-refractivity contribution in [1.82, 2.24) is 4.90 Å². The summed E-state index contributed by atoms with van der Waals surface area (Å²) in [6.45, 7) is 6.79. The Labute approximate surface area is 144 Å². The smallest absolute Gasteiger partial charge is 0.0681 e. The van der Waals surface area contributed by atoms with Gasteiger partial charge in [0.25, 0.3) is 0 Å². The third-order valence-electron chi connectivity index (χ3n) is 4.52. The van der Waals surface area contributed by atoms with Crippen LogP contribution in [0.3, 0.4) is 0 Å². The van der Waals surface area contributed by atoms with E-state index in [4.69, 9.17) is 4.74 Å². The summed E-state index contributed by atoms with van der Waals surface area (Å²) >= 11 is 0. The van der Waals surface area contributed by atoms with Gasteiger partial charge in [-0.2, -0.15) is 0 Å². The quantitative estimate of drug-likeness (QED) is 0.856. The molecule has 0 radical (unpaired) electrons. The highest BCUT2D eigenvalue weighted by molar-refractivity contribution is 5.52. The monoisotopic (exact) mass is 326 g/mol. The van der Waals surface area contributed by atoms with E-state index in [-0.39, 0.29) is 12.6 Å². The topological polar surface area (TPSA) is 44.7 Å². The van der Waals surface area contributed by atoms with Crippen molar-refractivity contribution < 1.29 is 9.84 Å². The molecule has 1 aliphatic rings. The molecule has 24 heavy (non-hydrogen) atoms. The maximum Gasteiger partial charge on any atom is 0.0681 e. The number of hydrogen-bond acceptors (Lipinski definition) is 4. The number of rotatable bonds is 6. The molecule has 0 aromatic heterocycles. The summed E-state index contributed by atoms with van der Waals surface area (Å²) in [5, 5.41) is 13.0. The fraction of sp³-hybridized carbons (Fsp3) is 0.400. The molecular weight excluding hydrogens is 300 g/mol. The van der Waals surface area contributed by atoms with Gasteiger partial charge in [-0.15, -0.1) is 0 Å². The van der Waals surface area contributed by atoms with E-state index in [1.165, 1.54) is 16.8 Å². The number of nitrogens with zero attached hydrogens (tertiary/aromatic N) is 1. The minimum absolute atomic E-state index is 0.0776. The van der Waals surface area contributed by atoms with Crippen molar-refractivity contribution >= 4 is 5.69 Å². The van der Waals surface area contributed by atoms with Crippen LogP contribution in [0.2, 0.25) is 0 Å². The van der Waals surface area contributed by atoms with Gasteiger partial charge in [-0.1, -0.05) is 42.5 Å². The Morgan fingerprint density at radius 2 is 1.92 bits per heavy atom. The predicted molar refractivity (Wildman–Crippen MR) is 96.9 cm³/mol. The van der Waals surface area contributed by atoms with E-state index >= 15 is 0 Å². The summed E-state index contributed by atoms with van der Waals surface area (Å²) in [5.74, 6) is 0. The number of benzene rings is 2. The van der Waals surface area contributed by atoms with Gasteiger partial charge in [0, 0.05) is 31.4 Å². The average Bonchev–Trinajstić information content (AvgIpc) is 2.64. The zero-order valence-corrected chi connectivity index (χ0v) is 14.2. The van der Waals surface area contributed by atoms with Gasteiger partial charge in [-0.3, -0.25) is 4.90 Å². The molecule has 1 saturated heterocycles. The van der Waals surface area contributed by atoms with Crippen molar-refractivity contribution in [2.45, 2.75) is 26.1 Å². The zero-order valence-electron chi connectivity index (χ0n) is 14.2. The standard InChI is InChI=1S/C20H26N2O2/c1-16(18-7-4-5-17(13-18)15-23)21-20-8-3-2-6-19(20)14-22-9-11-24-12-10-22/h2-8,13,16,21,23H,9-12,14-15H2,1H3. The third kappa shape index (κ3) is 4.35. The largest absolute Gasteiger partial charge is 0.392 e. The maximum absolute atomic E-state index is 9.32. The minimum atomic E-state index is 0.0776. The number of aliphatic hydroxyl groups is 1. The van der Waals surface area contributed by atoms with Crippen LogP contribution in [-0.2, 0) is 17.9 Å². The fourth-order valence-corrected chi connectivity index (χ4v) is 3.08. The van der Waals surface area contributed by atoms with Gasteiger partial charge in [-0.25, -0.2) is 0 Å². The number of para-hydroxylation sites is 1. The Bertz CT molecular complexity index is 654. The molecule has 0 spiro atoms. The van der Waals surface area contributed by atoms with Gasteiger partial charge in [0.2, 0.25) is 0 Å². The molecule has 0 amide bonds. The molecule has 2 aromatic carbocycles. The number of morpholine rings is 1. The van der Waals surface area contributed by atoms with Crippen molar-refractivity contribution in [2.75, 3.05) is 31.6 Å². The van der Waals surface area contributed by atoms with Gasteiger partial charge in [0.05, 0.1) is 19.8 Å². The van der Waals surface area contributed by atoms with Crippen LogP contribution < -0.4 is 5.32 Å². The lowest BCUT2D eigenvalue weighted by Crippen LogP contribution is -2.35. The molecule has 1 unspecified atom stereocenters. The summed E-state index contributed by atoms with van der Waals surface area (Å²) in [6, 6.07) is 16.8. The molecule has 2 N–H and O–H groups in total. The van der Waals surface area contributed by atoms with Gasteiger partial charge in [0.15, 0.2) is 0 Å². The van der Waals surface area contributed by atoms with Gasteiger partial charge in [0.1, 0.15) is 0 Å². The van der Waals surface area contributed by atoms with Crippen LogP contribution in [0.1, 0.15) is 29.7 Å². The Balaban J connectivity index is 1.71.